The number of rotatable bonds is 7. The minimum Gasteiger partial charge on any atom is -0.493 e. The Bertz CT molecular complexity index is 662. The van der Waals surface area contributed by atoms with Crippen LogP contribution in [-0.4, -0.2) is 37.7 Å². The number of nitrogens with one attached hydrogen (secondary N) is 1. The molecule has 3 N–H and O–H groups in total. The van der Waals surface area contributed by atoms with E-state index in [0.29, 0.717) is 12.4 Å². The van der Waals surface area contributed by atoms with E-state index in [1.165, 1.54) is 19.2 Å². The van der Waals surface area contributed by atoms with Crippen molar-refractivity contribution in [2.24, 2.45) is 11.7 Å². The van der Waals surface area contributed by atoms with Crippen LogP contribution < -0.4 is 20.5 Å². The van der Waals surface area contributed by atoms with E-state index in [1.807, 2.05) is 5.32 Å². The molecule has 9 heteroatoms. The minimum atomic E-state index is -1.20. The van der Waals surface area contributed by atoms with Gasteiger partial charge in [-0.25, -0.2) is 9.59 Å². The molecule has 0 saturated carbocycles. The SMILES string of the molecule is CCOc1c(Cl)cc(C(=O)O[C@H](C(=O)NC(N)=O)C(C)C)cc1OC. The highest BCUT2D eigenvalue weighted by Gasteiger charge is 2.28. The summed E-state index contributed by atoms with van der Waals surface area (Å²) in [5.41, 5.74) is 4.99. The fourth-order valence-corrected chi connectivity index (χ4v) is 2.26. The standard InChI is InChI=1S/C16H21ClN2O6/c1-5-24-13-10(17)6-9(7-11(13)23-4)15(21)25-12(8(2)3)14(20)19-16(18)22/h6-8,12H,5H2,1-4H3,(H3,18,19,20,22)/t12-/m0/s1. The van der Waals surface area contributed by atoms with E-state index in [9.17, 15) is 14.4 Å². The molecular weight excluding hydrogens is 352 g/mol. The van der Waals surface area contributed by atoms with Gasteiger partial charge < -0.3 is 19.9 Å². The van der Waals surface area contributed by atoms with Crippen molar-refractivity contribution in [1.82, 2.24) is 5.32 Å². The van der Waals surface area contributed by atoms with Crippen LogP contribution in [0.3, 0.4) is 0 Å². The summed E-state index contributed by atoms with van der Waals surface area (Å²) in [4.78, 5) is 35.1. The smallest absolute Gasteiger partial charge is 0.339 e. The van der Waals surface area contributed by atoms with Gasteiger partial charge in [-0.05, 0) is 25.0 Å². The van der Waals surface area contributed by atoms with E-state index in [0.717, 1.165) is 0 Å². The highest BCUT2D eigenvalue weighted by atomic mass is 35.5. The third-order valence-electron chi connectivity index (χ3n) is 3.10. The van der Waals surface area contributed by atoms with Crippen molar-refractivity contribution in [1.29, 1.82) is 0 Å². The summed E-state index contributed by atoms with van der Waals surface area (Å²) in [5.74, 6) is -1.44. The van der Waals surface area contributed by atoms with Gasteiger partial charge >= 0.3 is 12.0 Å². The van der Waals surface area contributed by atoms with Crippen LogP contribution in [-0.2, 0) is 9.53 Å². The second-order valence-electron chi connectivity index (χ2n) is 5.35. The molecule has 8 nitrogen and oxygen atoms in total. The Morgan fingerprint density at radius 3 is 2.40 bits per heavy atom. The Labute approximate surface area is 150 Å². The number of primary amides is 1. The third kappa shape index (κ3) is 5.53. The van der Waals surface area contributed by atoms with Crippen molar-refractivity contribution in [3.05, 3.63) is 22.7 Å². The first-order chi connectivity index (χ1) is 11.7. The number of imide groups is 1. The van der Waals surface area contributed by atoms with Gasteiger partial charge in [-0.1, -0.05) is 25.4 Å². The minimum absolute atomic E-state index is 0.0721. The van der Waals surface area contributed by atoms with Crippen LogP contribution in [0.4, 0.5) is 4.79 Å². The Hall–Kier alpha value is -2.48. The van der Waals surface area contributed by atoms with Crippen molar-refractivity contribution in [2.75, 3.05) is 13.7 Å². The zero-order valence-corrected chi connectivity index (χ0v) is 15.2. The van der Waals surface area contributed by atoms with Crippen LogP contribution in [0.1, 0.15) is 31.1 Å². The summed E-state index contributed by atoms with van der Waals surface area (Å²) < 4.78 is 15.7. The summed E-state index contributed by atoms with van der Waals surface area (Å²) in [5, 5.41) is 2.06. The number of halogens is 1. The van der Waals surface area contributed by atoms with Crippen molar-refractivity contribution in [3.8, 4) is 11.5 Å². The molecular formula is C16H21ClN2O6. The molecule has 0 bridgehead atoms. The number of nitrogens with two attached hydrogens (primary N) is 1. The van der Waals surface area contributed by atoms with Gasteiger partial charge in [0.05, 0.1) is 24.3 Å². The highest BCUT2D eigenvalue weighted by Crippen LogP contribution is 2.36. The van der Waals surface area contributed by atoms with E-state index in [4.69, 9.17) is 31.5 Å². The summed E-state index contributed by atoms with van der Waals surface area (Å²) in [6.45, 7) is 5.46. The molecule has 0 heterocycles. The first kappa shape index (κ1) is 20.6. The van der Waals surface area contributed by atoms with Crippen molar-refractivity contribution >= 4 is 29.5 Å². The maximum Gasteiger partial charge on any atom is 0.339 e. The van der Waals surface area contributed by atoms with Crippen molar-refractivity contribution < 1.29 is 28.6 Å². The Morgan fingerprint density at radius 2 is 1.92 bits per heavy atom. The van der Waals surface area contributed by atoms with Crippen LogP contribution in [0.2, 0.25) is 5.02 Å². The number of benzene rings is 1. The number of esters is 1. The van der Waals surface area contributed by atoms with Crippen molar-refractivity contribution in [3.63, 3.8) is 0 Å². The van der Waals surface area contributed by atoms with Gasteiger partial charge in [-0.2, -0.15) is 0 Å². The molecule has 0 saturated heterocycles. The van der Waals surface area contributed by atoms with Gasteiger partial charge in [0, 0.05) is 0 Å². The topological polar surface area (TPSA) is 117 Å². The lowest BCUT2D eigenvalue weighted by Crippen LogP contribution is -2.45. The van der Waals surface area contributed by atoms with E-state index in [-0.39, 0.29) is 22.3 Å². The van der Waals surface area contributed by atoms with Crippen LogP contribution >= 0.6 is 11.6 Å². The van der Waals surface area contributed by atoms with Gasteiger partial charge in [0.15, 0.2) is 17.6 Å². The average Bonchev–Trinajstić information content (AvgIpc) is 2.52. The number of hydrogen-bond donors (Lipinski definition) is 2. The lowest BCUT2D eigenvalue weighted by atomic mass is 10.1. The Kier molecular flexibility index (Phi) is 7.50. The zero-order chi connectivity index (χ0) is 19.1. The molecule has 0 spiro atoms. The van der Waals surface area contributed by atoms with E-state index in [2.05, 4.69) is 0 Å². The molecule has 0 fully saturated rings. The second-order valence-corrected chi connectivity index (χ2v) is 5.75. The Morgan fingerprint density at radius 1 is 1.28 bits per heavy atom. The lowest BCUT2D eigenvalue weighted by Gasteiger charge is -2.20. The normalized spacial score (nSPS) is 11.6. The van der Waals surface area contributed by atoms with Crippen molar-refractivity contribution in [2.45, 2.75) is 26.9 Å². The summed E-state index contributed by atoms with van der Waals surface area (Å²) >= 11 is 6.11. The number of ether oxygens (including phenoxy) is 3. The molecule has 0 aliphatic heterocycles. The fourth-order valence-electron chi connectivity index (χ4n) is 1.99. The molecule has 1 aromatic rings. The van der Waals surface area contributed by atoms with Gasteiger partial charge in [-0.3, -0.25) is 10.1 Å². The first-order valence-corrected chi connectivity index (χ1v) is 7.90. The maximum absolute atomic E-state index is 12.4. The lowest BCUT2D eigenvalue weighted by molar-refractivity contribution is -0.130. The van der Waals surface area contributed by atoms with Crippen LogP contribution in [0.25, 0.3) is 0 Å². The summed E-state index contributed by atoms with van der Waals surface area (Å²) in [6.07, 6.45) is -1.20. The van der Waals surface area contributed by atoms with Crippen LogP contribution in [0.15, 0.2) is 12.1 Å². The maximum atomic E-state index is 12.4. The molecule has 0 aliphatic rings. The fraction of sp³-hybridized carbons (Fsp3) is 0.438. The predicted octanol–water partition coefficient (Wildman–Crippen LogP) is 2.12. The van der Waals surface area contributed by atoms with Crippen LogP contribution in [0, 0.1) is 5.92 Å². The van der Waals surface area contributed by atoms with Gasteiger partial charge in [-0.15, -0.1) is 0 Å². The largest absolute Gasteiger partial charge is 0.493 e. The Balaban J connectivity index is 3.07. The van der Waals surface area contributed by atoms with E-state index in [1.54, 1.807) is 20.8 Å². The van der Waals surface area contributed by atoms with E-state index < -0.39 is 24.0 Å². The number of carbonyl (C=O) groups excluding carboxylic acids is 3. The molecule has 138 valence electrons. The zero-order valence-electron chi connectivity index (χ0n) is 14.4. The molecule has 0 aliphatic carbocycles. The predicted molar refractivity (Wildman–Crippen MR) is 90.9 cm³/mol. The molecule has 0 aromatic heterocycles. The average molecular weight is 373 g/mol. The number of carbonyl (C=O) groups is 3. The number of amides is 3. The number of hydrogen-bond acceptors (Lipinski definition) is 6. The number of methoxy groups -OCH3 is 1. The molecule has 1 rings (SSSR count). The quantitative estimate of drug-likeness (QED) is 0.708. The summed E-state index contributed by atoms with van der Waals surface area (Å²) in [6, 6.07) is 1.71. The van der Waals surface area contributed by atoms with Crippen LogP contribution in [0.5, 0.6) is 11.5 Å². The van der Waals surface area contributed by atoms with E-state index >= 15 is 0 Å². The monoisotopic (exact) mass is 372 g/mol. The third-order valence-corrected chi connectivity index (χ3v) is 3.38. The van der Waals surface area contributed by atoms with Gasteiger partial charge in [0.1, 0.15) is 0 Å². The molecule has 0 unspecified atom stereocenters. The molecule has 1 atom stereocenters. The molecule has 3 amide bonds. The molecule has 25 heavy (non-hydrogen) atoms. The molecule has 1 aromatic carbocycles. The highest BCUT2D eigenvalue weighted by molar-refractivity contribution is 6.32. The molecule has 0 radical (unpaired) electrons. The van der Waals surface area contributed by atoms with Gasteiger partial charge in [0.2, 0.25) is 0 Å². The first-order valence-electron chi connectivity index (χ1n) is 7.52. The van der Waals surface area contributed by atoms with Gasteiger partial charge in [0.25, 0.3) is 5.91 Å². The summed E-state index contributed by atoms with van der Waals surface area (Å²) in [7, 11) is 1.40. The number of urea groups is 1. The second kappa shape index (κ2) is 9.12.